The SMILES string of the molecule is CNS(=O)(=O)c1ccc(S(=O)(=O)N2CCC(OC)CC2CN)cc1. The highest BCUT2D eigenvalue weighted by atomic mass is 32.2. The van der Waals surface area contributed by atoms with Crippen LogP contribution in [0.5, 0.6) is 0 Å². The molecule has 1 aliphatic heterocycles. The number of benzene rings is 1. The fraction of sp³-hybridized carbons (Fsp3) is 0.571. The topological polar surface area (TPSA) is 119 Å². The number of nitrogens with one attached hydrogen (secondary N) is 1. The van der Waals surface area contributed by atoms with E-state index in [4.69, 9.17) is 10.5 Å². The first-order valence-corrected chi connectivity index (χ1v) is 10.5. The Bertz CT molecular complexity index is 762. The van der Waals surface area contributed by atoms with Crippen molar-refractivity contribution in [3.63, 3.8) is 0 Å². The van der Waals surface area contributed by atoms with Crippen LogP contribution in [0.1, 0.15) is 12.8 Å². The highest BCUT2D eigenvalue weighted by Gasteiger charge is 2.36. The Morgan fingerprint density at radius 2 is 1.79 bits per heavy atom. The predicted molar refractivity (Wildman–Crippen MR) is 89.5 cm³/mol. The summed E-state index contributed by atoms with van der Waals surface area (Å²) in [6.45, 7) is 0.518. The highest BCUT2D eigenvalue weighted by molar-refractivity contribution is 7.89. The number of rotatable bonds is 6. The maximum Gasteiger partial charge on any atom is 0.243 e. The Labute approximate surface area is 143 Å². The second-order valence-corrected chi connectivity index (χ2v) is 9.34. The molecule has 1 saturated heterocycles. The van der Waals surface area contributed by atoms with Gasteiger partial charge < -0.3 is 10.5 Å². The number of methoxy groups -OCH3 is 1. The Balaban J connectivity index is 2.30. The van der Waals surface area contributed by atoms with Gasteiger partial charge in [-0.25, -0.2) is 21.6 Å². The highest BCUT2D eigenvalue weighted by Crippen LogP contribution is 2.26. The average Bonchev–Trinajstić information content (AvgIpc) is 2.61. The molecule has 1 fully saturated rings. The number of hydrogen-bond donors (Lipinski definition) is 2. The molecule has 0 spiro atoms. The van der Waals surface area contributed by atoms with E-state index in [9.17, 15) is 16.8 Å². The van der Waals surface area contributed by atoms with Gasteiger partial charge in [0.1, 0.15) is 0 Å². The van der Waals surface area contributed by atoms with Crippen LogP contribution in [-0.4, -0.2) is 60.5 Å². The molecule has 1 heterocycles. The summed E-state index contributed by atoms with van der Waals surface area (Å²) in [5, 5.41) is 0. The van der Waals surface area contributed by atoms with E-state index < -0.39 is 20.0 Å². The number of hydrogen-bond acceptors (Lipinski definition) is 6. The van der Waals surface area contributed by atoms with Crippen LogP contribution in [0.2, 0.25) is 0 Å². The maximum absolute atomic E-state index is 12.8. The molecule has 2 unspecified atom stereocenters. The molecule has 0 radical (unpaired) electrons. The van der Waals surface area contributed by atoms with E-state index in [0.717, 1.165) is 0 Å². The van der Waals surface area contributed by atoms with E-state index in [1.54, 1.807) is 7.11 Å². The lowest BCUT2D eigenvalue weighted by molar-refractivity contribution is 0.0401. The van der Waals surface area contributed by atoms with E-state index in [-0.39, 0.29) is 28.5 Å². The van der Waals surface area contributed by atoms with Gasteiger partial charge >= 0.3 is 0 Å². The summed E-state index contributed by atoms with van der Waals surface area (Å²) in [5.74, 6) is 0. The Hall–Kier alpha value is -1.04. The molecule has 0 amide bonds. The van der Waals surface area contributed by atoms with Crippen molar-refractivity contribution < 1.29 is 21.6 Å². The minimum Gasteiger partial charge on any atom is -0.381 e. The molecule has 24 heavy (non-hydrogen) atoms. The Kier molecular flexibility index (Phi) is 6.00. The summed E-state index contributed by atoms with van der Waals surface area (Å²) in [4.78, 5) is 0.0595. The van der Waals surface area contributed by atoms with E-state index >= 15 is 0 Å². The summed E-state index contributed by atoms with van der Waals surface area (Å²) in [7, 11) is -4.45. The third kappa shape index (κ3) is 3.79. The summed E-state index contributed by atoms with van der Waals surface area (Å²) in [6, 6.07) is 4.82. The minimum atomic E-state index is -3.74. The van der Waals surface area contributed by atoms with Crippen LogP contribution in [0.15, 0.2) is 34.1 Å². The van der Waals surface area contributed by atoms with Gasteiger partial charge in [-0.1, -0.05) is 0 Å². The Morgan fingerprint density at radius 3 is 2.29 bits per heavy atom. The van der Waals surface area contributed by atoms with Crippen LogP contribution in [0.25, 0.3) is 0 Å². The van der Waals surface area contributed by atoms with Crippen LogP contribution in [0.4, 0.5) is 0 Å². The second kappa shape index (κ2) is 7.46. The van der Waals surface area contributed by atoms with Gasteiger partial charge in [-0.05, 0) is 44.2 Å². The summed E-state index contributed by atoms with van der Waals surface area (Å²) in [5.41, 5.74) is 5.74. The number of nitrogens with two attached hydrogens (primary N) is 1. The molecule has 1 aliphatic rings. The van der Waals surface area contributed by atoms with Crippen LogP contribution < -0.4 is 10.5 Å². The van der Waals surface area contributed by atoms with Crippen molar-refractivity contribution in [3.8, 4) is 0 Å². The van der Waals surface area contributed by atoms with E-state index in [2.05, 4.69) is 4.72 Å². The molecule has 3 N–H and O–H groups in total. The first kappa shape index (κ1) is 19.3. The molecule has 1 aromatic carbocycles. The molecule has 2 atom stereocenters. The van der Waals surface area contributed by atoms with Gasteiger partial charge in [-0.15, -0.1) is 0 Å². The van der Waals surface area contributed by atoms with Gasteiger partial charge in [0, 0.05) is 26.2 Å². The average molecular weight is 377 g/mol. The van der Waals surface area contributed by atoms with Crippen LogP contribution >= 0.6 is 0 Å². The molecular weight excluding hydrogens is 354 g/mol. The quantitative estimate of drug-likeness (QED) is 0.704. The molecule has 0 aliphatic carbocycles. The fourth-order valence-corrected chi connectivity index (χ4v) is 5.17. The zero-order valence-corrected chi connectivity index (χ0v) is 15.3. The third-order valence-electron chi connectivity index (χ3n) is 4.23. The molecule has 1 aromatic rings. The summed E-state index contributed by atoms with van der Waals surface area (Å²) < 4.78 is 58.0. The first-order chi connectivity index (χ1) is 11.3. The molecule has 2 rings (SSSR count). The molecule has 10 heteroatoms. The van der Waals surface area contributed by atoms with E-state index in [0.29, 0.717) is 19.4 Å². The number of ether oxygens (including phenoxy) is 1. The monoisotopic (exact) mass is 377 g/mol. The molecule has 8 nitrogen and oxygen atoms in total. The third-order valence-corrected chi connectivity index (χ3v) is 7.62. The standard InChI is InChI=1S/C14H23N3O5S2/c1-16-23(18,19)13-3-5-14(6-4-13)24(20,21)17-8-7-12(22-2)9-11(17)10-15/h3-6,11-12,16H,7-10,15H2,1-2H3. The van der Waals surface area contributed by atoms with Crippen molar-refractivity contribution in [2.45, 2.75) is 34.8 Å². The first-order valence-electron chi connectivity index (χ1n) is 7.54. The smallest absolute Gasteiger partial charge is 0.243 e. The van der Waals surface area contributed by atoms with Crippen molar-refractivity contribution in [1.29, 1.82) is 0 Å². The van der Waals surface area contributed by atoms with Crippen molar-refractivity contribution >= 4 is 20.0 Å². The van der Waals surface area contributed by atoms with Crippen LogP contribution in [0, 0.1) is 0 Å². The lowest BCUT2D eigenvalue weighted by Gasteiger charge is -2.37. The lowest BCUT2D eigenvalue weighted by Crippen LogP contribution is -2.51. The van der Waals surface area contributed by atoms with Crippen LogP contribution in [0.3, 0.4) is 0 Å². The van der Waals surface area contributed by atoms with Crippen molar-refractivity contribution in [1.82, 2.24) is 9.03 Å². The van der Waals surface area contributed by atoms with Crippen molar-refractivity contribution in [2.75, 3.05) is 27.2 Å². The van der Waals surface area contributed by atoms with E-state index in [1.807, 2.05) is 0 Å². The minimum absolute atomic E-state index is 0.00634. The molecule has 0 saturated carbocycles. The molecular formula is C14H23N3O5S2. The zero-order chi connectivity index (χ0) is 18.0. The van der Waals surface area contributed by atoms with Crippen LogP contribution in [-0.2, 0) is 24.8 Å². The molecule has 136 valence electrons. The summed E-state index contributed by atoms with van der Waals surface area (Å²) >= 11 is 0. The largest absolute Gasteiger partial charge is 0.381 e. The van der Waals surface area contributed by atoms with Gasteiger partial charge in [0.2, 0.25) is 20.0 Å². The number of piperidine rings is 1. The zero-order valence-electron chi connectivity index (χ0n) is 13.7. The van der Waals surface area contributed by atoms with Gasteiger partial charge in [-0.3, -0.25) is 0 Å². The maximum atomic E-state index is 12.8. The van der Waals surface area contributed by atoms with Gasteiger partial charge in [0.25, 0.3) is 0 Å². The summed E-state index contributed by atoms with van der Waals surface area (Å²) in [6.07, 6.45) is 1.13. The predicted octanol–water partition coefficient (Wildman–Crippen LogP) is -0.278. The normalized spacial score (nSPS) is 23.3. The molecule has 0 aromatic heterocycles. The fourth-order valence-electron chi connectivity index (χ4n) is 2.78. The van der Waals surface area contributed by atoms with E-state index in [1.165, 1.54) is 35.6 Å². The van der Waals surface area contributed by atoms with Gasteiger partial charge in [0.05, 0.1) is 15.9 Å². The molecule has 0 bridgehead atoms. The number of nitrogens with zero attached hydrogens (tertiary/aromatic N) is 1. The van der Waals surface area contributed by atoms with Crippen molar-refractivity contribution in [3.05, 3.63) is 24.3 Å². The van der Waals surface area contributed by atoms with Gasteiger partial charge in [-0.2, -0.15) is 4.31 Å². The lowest BCUT2D eigenvalue weighted by atomic mass is 10.0. The second-order valence-electron chi connectivity index (χ2n) is 5.57. The van der Waals surface area contributed by atoms with Crippen molar-refractivity contribution in [2.24, 2.45) is 5.73 Å². The Morgan fingerprint density at radius 1 is 1.21 bits per heavy atom. The van der Waals surface area contributed by atoms with Gasteiger partial charge in [0.15, 0.2) is 0 Å². The number of sulfonamides is 2.